The van der Waals surface area contributed by atoms with Crippen LogP contribution in [0.3, 0.4) is 0 Å². The first kappa shape index (κ1) is 23.5. The summed E-state index contributed by atoms with van der Waals surface area (Å²) in [6.07, 6.45) is -4.35. The standard InChI is InChI=1S/C23H24F3N5O3/c1-2-17-10-19(23(24,25)26)31-20(28-17)11-18(29-31)16-8-9-30(13-16)21(32)12-27-22(33)34-14-15-6-4-3-5-7-15/h3-7,10-11,16H,2,8-9,12-14H2,1H3,(H,27,33). The third-order valence-electron chi connectivity index (χ3n) is 5.71. The number of likely N-dealkylation sites (tertiary alicyclic amines) is 1. The summed E-state index contributed by atoms with van der Waals surface area (Å²) in [5.74, 6) is -0.521. The van der Waals surface area contributed by atoms with Crippen molar-refractivity contribution in [2.24, 2.45) is 0 Å². The number of alkyl carbamates (subject to hydrolysis) is 1. The van der Waals surface area contributed by atoms with Gasteiger partial charge in [0.05, 0.1) is 5.69 Å². The Morgan fingerprint density at radius 2 is 1.97 bits per heavy atom. The van der Waals surface area contributed by atoms with Crippen LogP contribution < -0.4 is 5.32 Å². The van der Waals surface area contributed by atoms with E-state index in [1.54, 1.807) is 17.9 Å². The number of rotatable bonds is 6. The van der Waals surface area contributed by atoms with Gasteiger partial charge in [-0.05, 0) is 24.5 Å². The molecule has 1 N–H and O–H groups in total. The number of aryl methyl sites for hydroxylation is 1. The summed E-state index contributed by atoms with van der Waals surface area (Å²) in [6.45, 7) is 2.31. The van der Waals surface area contributed by atoms with E-state index in [9.17, 15) is 22.8 Å². The van der Waals surface area contributed by atoms with E-state index in [4.69, 9.17) is 4.74 Å². The lowest BCUT2D eigenvalue weighted by Crippen LogP contribution is -2.39. The number of carbonyl (C=O) groups is 2. The van der Waals surface area contributed by atoms with Crippen molar-refractivity contribution in [1.82, 2.24) is 24.8 Å². The molecular weight excluding hydrogens is 451 g/mol. The molecule has 1 aromatic carbocycles. The van der Waals surface area contributed by atoms with Crippen LogP contribution in [0.25, 0.3) is 5.65 Å². The molecule has 1 aliphatic heterocycles. The van der Waals surface area contributed by atoms with Gasteiger partial charge in [-0.15, -0.1) is 0 Å². The number of hydrogen-bond acceptors (Lipinski definition) is 5. The van der Waals surface area contributed by atoms with E-state index >= 15 is 0 Å². The van der Waals surface area contributed by atoms with Gasteiger partial charge in [0.1, 0.15) is 18.8 Å². The van der Waals surface area contributed by atoms with Crippen LogP contribution >= 0.6 is 0 Å². The highest BCUT2D eigenvalue weighted by Crippen LogP contribution is 2.32. The SMILES string of the molecule is CCc1cc(C(F)(F)F)n2nc(C3CCN(C(=O)CNC(=O)OCc4ccccc4)C3)cc2n1. The van der Waals surface area contributed by atoms with Crippen molar-refractivity contribution in [3.63, 3.8) is 0 Å². The summed E-state index contributed by atoms with van der Waals surface area (Å²) in [5, 5.41) is 6.60. The zero-order valence-corrected chi connectivity index (χ0v) is 18.5. The van der Waals surface area contributed by atoms with Gasteiger partial charge < -0.3 is 15.0 Å². The molecule has 11 heteroatoms. The Morgan fingerprint density at radius 3 is 2.68 bits per heavy atom. The van der Waals surface area contributed by atoms with E-state index in [1.807, 2.05) is 30.3 Å². The number of aromatic nitrogens is 3. The maximum absolute atomic E-state index is 13.5. The Bertz CT molecular complexity index is 1180. The number of carbonyl (C=O) groups excluding carboxylic acids is 2. The predicted octanol–water partition coefficient (Wildman–Crippen LogP) is 3.55. The summed E-state index contributed by atoms with van der Waals surface area (Å²) in [5.41, 5.74) is 0.878. The van der Waals surface area contributed by atoms with E-state index < -0.39 is 18.0 Å². The normalized spacial score (nSPS) is 16.1. The van der Waals surface area contributed by atoms with Crippen LogP contribution in [0, 0.1) is 0 Å². The Kier molecular flexibility index (Phi) is 6.71. The third-order valence-corrected chi connectivity index (χ3v) is 5.71. The maximum Gasteiger partial charge on any atom is 0.433 e. The summed E-state index contributed by atoms with van der Waals surface area (Å²) in [4.78, 5) is 30.2. The van der Waals surface area contributed by atoms with Gasteiger partial charge in [0.25, 0.3) is 0 Å². The van der Waals surface area contributed by atoms with Crippen LogP contribution in [0.15, 0.2) is 42.5 Å². The fraction of sp³-hybridized carbons (Fsp3) is 0.391. The van der Waals surface area contributed by atoms with Gasteiger partial charge in [-0.2, -0.15) is 18.3 Å². The molecule has 0 spiro atoms. The zero-order chi connectivity index (χ0) is 24.3. The summed E-state index contributed by atoms with van der Waals surface area (Å²) >= 11 is 0. The fourth-order valence-corrected chi connectivity index (χ4v) is 3.89. The number of halogens is 3. The number of alkyl halides is 3. The van der Waals surface area contributed by atoms with Crippen molar-refractivity contribution in [2.45, 2.75) is 38.5 Å². The third kappa shape index (κ3) is 5.29. The molecule has 0 aliphatic carbocycles. The van der Waals surface area contributed by atoms with E-state index in [-0.39, 0.29) is 30.6 Å². The van der Waals surface area contributed by atoms with E-state index in [0.717, 1.165) is 16.1 Å². The topological polar surface area (TPSA) is 88.8 Å². The number of nitrogens with one attached hydrogen (secondary N) is 1. The molecular formula is C23H24F3N5O3. The van der Waals surface area contributed by atoms with Crippen molar-refractivity contribution in [3.8, 4) is 0 Å². The van der Waals surface area contributed by atoms with Gasteiger partial charge in [0.2, 0.25) is 5.91 Å². The van der Waals surface area contributed by atoms with Gasteiger partial charge in [-0.25, -0.2) is 14.3 Å². The van der Waals surface area contributed by atoms with E-state index in [0.29, 0.717) is 37.3 Å². The van der Waals surface area contributed by atoms with E-state index in [2.05, 4.69) is 15.4 Å². The molecule has 1 atom stereocenters. The van der Waals surface area contributed by atoms with Gasteiger partial charge in [0, 0.05) is 30.8 Å². The smallest absolute Gasteiger partial charge is 0.433 e. The lowest BCUT2D eigenvalue weighted by atomic mass is 10.1. The highest BCUT2D eigenvalue weighted by Gasteiger charge is 2.36. The van der Waals surface area contributed by atoms with Crippen molar-refractivity contribution in [2.75, 3.05) is 19.6 Å². The van der Waals surface area contributed by atoms with Crippen LogP contribution in [-0.2, 0) is 28.7 Å². The minimum Gasteiger partial charge on any atom is -0.445 e. The second kappa shape index (κ2) is 9.70. The average Bonchev–Trinajstić information content (AvgIpc) is 3.47. The molecule has 3 aromatic rings. The van der Waals surface area contributed by atoms with Gasteiger partial charge in [0.15, 0.2) is 5.65 Å². The molecule has 2 aromatic heterocycles. The van der Waals surface area contributed by atoms with Crippen LogP contribution in [0.1, 0.15) is 41.9 Å². The number of hydrogen-bond donors (Lipinski definition) is 1. The van der Waals surface area contributed by atoms with Gasteiger partial charge >= 0.3 is 12.3 Å². The zero-order valence-electron chi connectivity index (χ0n) is 18.5. The number of nitrogens with zero attached hydrogens (tertiary/aromatic N) is 4. The van der Waals surface area contributed by atoms with Gasteiger partial charge in [-0.3, -0.25) is 4.79 Å². The van der Waals surface area contributed by atoms with Crippen LogP contribution in [-0.4, -0.2) is 51.1 Å². The molecule has 1 unspecified atom stereocenters. The molecule has 0 radical (unpaired) electrons. The first-order valence-corrected chi connectivity index (χ1v) is 10.9. The molecule has 34 heavy (non-hydrogen) atoms. The maximum atomic E-state index is 13.5. The molecule has 1 fully saturated rings. The Morgan fingerprint density at radius 1 is 1.21 bits per heavy atom. The summed E-state index contributed by atoms with van der Waals surface area (Å²) in [7, 11) is 0. The Labute approximate surface area is 193 Å². The van der Waals surface area contributed by atoms with Crippen LogP contribution in [0.5, 0.6) is 0 Å². The average molecular weight is 475 g/mol. The minimum atomic E-state index is -4.56. The number of amides is 2. The van der Waals surface area contributed by atoms with Crippen molar-refractivity contribution in [3.05, 3.63) is 65.1 Å². The Hall–Kier alpha value is -3.63. The molecule has 8 nitrogen and oxygen atoms in total. The first-order chi connectivity index (χ1) is 16.2. The Balaban J connectivity index is 1.35. The second-order valence-electron chi connectivity index (χ2n) is 8.06. The minimum absolute atomic E-state index is 0.0915. The predicted molar refractivity (Wildman–Crippen MR) is 116 cm³/mol. The molecule has 180 valence electrons. The second-order valence-corrected chi connectivity index (χ2v) is 8.06. The van der Waals surface area contributed by atoms with Gasteiger partial charge in [-0.1, -0.05) is 37.3 Å². The lowest BCUT2D eigenvalue weighted by Gasteiger charge is -2.16. The van der Waals surface area contributed by atoms with E-state index in [1.165, 1.54) is 0 Å². The van der Waals surface area contributed by atoms with Crippen molar-refractivity contribution in [1.29, 1.82) is 0 Å². The molecule has 2 amide bonds. The molecule has 0 saturated carbocycles. The monoisotopic (exact) mass is 475 g/mol. The molecule has 4 rings (SSSR count). The van der Waals surface area contributed by atoms with Crippen LogP contribution in [0.2, 0.25) is 0 Å². The quantitative estimate of drug-likeness (QED) is 0.589. The van der Waals surface area contributed by atoms with Crippen molar-refractivity contribution < 1.29 is 27.5 Å². The largest absolute Gasteiger partial charge is 0.445 e. The molecule has 3 heterocycles. The van der Waals surface area contributed by atoms with Crippen LogP contribution in [0.4, 0.5) is 18.0 Å². The molecule has 0 bridgehead atoms. The molecule has 1 aliphatic rings. The number of fused-ring (bicyclic) bond motifs is 1. The molecule has 1 saturated heterocycles. The highest BCUT2D eigenvalue weighted by molar-refractivity contribution is 5.82. The summed E-state index contributed by atoms with van der Waals surface area (Å²) < 4.78 is 46.4. The summed E-state index contributed by atoms with van der Waals surface area (Å²) in [6, 6.07) is 11.7. The number of benzene rings is 1. The number of ether oxygens (including phenoxy) is 1. The fourth-order valence-electron chi connectivity index (χ4n) is 3.89. The highest BCUT2D eigenvalue weighted by atomic mass is 19.4. The first-order valence-electron chi connectivity index (χ1n) is 10.9. The van der Waals surface area contributed by atoms with Crippen molar-refractivity contribution >= 4 is 17.6 Å². The lowest BCUT2D eigenvalue weighted by molar-refractivity contribution is -0.142.